The summed E-state index contributed by atoms with van der Waals surface area (Å²) in [6, 6.07) is 1.61. The SMILES string of the molecule is CCCN(CC1CC1)c1ncc(N)cc1C(N)=O. The molecule has 0 aromatic carbocycles. The highest BCUT2D eigenvalue weighted by molar-refractivity contribution is 5.98. The van der Waals surface area contributed by atoms with Gasteiger partial charge in [-0.1, -0.05) is 6.92 Å². The molecule has 0 unspecified atom stereocenters. The van der Waals surface area contributed by atoms with E-state index < -0.39 is 5.91 Å². The van der Waals surface area contributed by atoms with Crippen LogP contribution in [0.4, 0.5) is 11.5 Å². The van der Waals surface area contributed by atoms with Gasteiger partial charge >= 0.3 is 0 Å². The molecule has 1 saturated carbocycles. The third-order valence-corrected chi connectivity index (χ3v) is 3.12. The van der Waals surface area contributed by atoms with Crippen LogP contribution in [-0.2, 0) is 0 Å². The predicted octanol–water partition coefficient (Wildman–Crippen LogP) is 1.39. The third-order valence-electron chi connectivity index (χ3n) is 3.12. The molecular weight excluding hydrogens is 228 g/mol. The molecule has 0 spiro atoms. The van der Waals surface area contributed by atoms with E-state index >= 15 is 0 Å². The number of hydrogen-bond acceptors (Lipinski definition) is 4. The Labute approximate surface area is 107 Å². The molecule has 0 aliphatic heterocycles. The second-order valence-corrected chi connectivity index (χ2v) is 4.89. The van der Waals surface area contributed by atoms with Gasteiger partial charge in [0.05, 0.1) is 17.4 Å². The zero-order chi connectivity index (χ0) is 13.1. The molecule has 0 radical (unpaired) electrons. The third kappa shape index (κ3) is 2.91. The van der Waals surface area contributed by atoms with Gasteiger partial charge < -0.3 is 16.4 Å². The van der Waals surface area contributed by atoms with E-state index in [1.54, 1.807) is 12.3 Å². The highest BCUT2D eigenvalue weighted by Crippen LogP contribution is 2.32. The molecule has 1 heterocycles. The molecule has 5 heteroatoms. The Bertz CT molecular complexity index is 443. The van der Waals surface area contributed by atoms with Gasteiger partial charge in [-0.3, -0.25) is 4.79 Å². The van der Waals surface area contributed by atoms with Crippen LogP contribution in [0.3, 0.4) is 0 Å². The van der Waals surface area contributed by atoms with Crippen molar-refractivity contribution >= 4 is 17.4 Å². The van der Waals surface area contributed by atoms with Crippen molar-refractivity contribution in [3.63, 3.8) is 0 Å². The summed E-state index contributed by atoms with van der Waals surface area (Å²) in [5, 5.41) is 0. The fraction of sp³-hybridized carbons (Fsp3) is 0.538. The number of nitrogen functional groups attached to an aromatic ring is 1. The maximum atomic E-state index is 11.5. The number of carbonyl (C=O) groups is 1. The van der Waals surface area contributed by atoms with Crippen LogP contribution in [0.25, 0.3) is 0 Å². The Morgan fingerprint density at radius 3 is 2.83 bits per heavy atom. The van der Waals surface area contributed by atoms with Gasteiger partial charge in [0.25, 0.3) is 5.91 Å². The number of primary amides is 1. The van der Waals surface area contributed by atoms with Gasteiger partial charge in [-0.2, -0.15) is 0 Å². The normalized spacial score (nSPS) is 14.5. The van der Waals surface area contributed by atoms with Gasteiger partial charge in [0, 0.05) is 13.1 Å². The van der Waals surface area contributed by atoms with E-state index in [1.807, 2.05) is 0 Å². The highest BCUT2D eigenvalue weighted by atomic mass is 16.1. The van der Waals surface area contributed by atoms with Crippen molar-refractivity contribution in [2.45, 2.75) is 26.2 Å². The standard InChI is InChI=1S/C13H20N4O/c1-2-5-17(8-9-3-4-9)13-11(12(15)18)6-10(14)7-16-13/h6-7,9H,2-5,8,14H2,1H3,(H2,15,18). The monoisotopic (exact) mass is 248 g/mol. The summed E-state index contributed by atoms with van der Waals surface area (Å²) in [6.45, 7) is 3.94. The van der Waals surface area contributed by atoms with Gasteiger partial charge in [-0.05, 0) is 31.2 Å². The number of pyridine rings is 1. The molecule has 1 aliphatic rings. The minimum atomic E-state index is -0.471. The fourth-order valence-corrected chi connectivity index (χ4v) is 2.07. The van der Waals surface area contributed by atoms with E-state index in [0.29, 0.717) is 17.1 Å². The van der Waals surface area contributed by atoms with Gasteiger partial charge in [-0.25, -0.2) is 4.98 Å². The number of aromatic nitrogens is 1. The molecule has 18 heavy (non-hydrogen) atoms. The topological polar surface area (TPSA) is 85.2 Å². The molecule has 2 rings (SSSR count). The molecule has 1 amide bonds. The molecule has 1 fully saturated rings. The second kappa shape index (κ2) is 5.25. The molecule has 0 saturated heterocycles. The first kappa shape index (κ1) is 12.7. The van der Waals surface area contributed by atoms with Crippen molar-refractivity contribution < 1.29 is 4.79 Å². The maximum Gasteiger partial charge on any atom is 0.252 e. The molecule has 0 atom stereocenters. The summed E-state index contributed by atoms with van der Waals surface area (Å²) < 4.78 is 0. The van der Waals surface area contributed by atoms with Crippen LogP contribution in [0.15, 0.2) is 12.3 Å². The lowest BCUT2D eigenvalue weighted by Gasteiger charge is -2.24. The quantitative estimate of drug-likeness (QED) is 0.796. The smallest absolute Gasteiger partial charge is 0.252 e. The van der Waals surface area contributed by atoms with Crippen molar-refractivity contribution in [3.8, 4) is 0 Å². The van der Waals surface area contributed by atoms with E-state index in [2.05, 4.69) is 16.8 Å². The van der Waals surface area contributed by atoms with Gasteiger partial charge in [0.2, 0.25) is 0 Å². The molecule has 0 bridgehead atoms. The number of hydrogen-bond donors (Lipinski definition) is 2. The lowest BCUT2D eigenvalue weighted by Crippen LogP contribution is -2.30. The second-order valence-electron chi connectivity index (χ2n) is 4.89. The van der Waals surface area contributed by atoms with Gasteiger partial charge in [0.1, 0.15) is 5.82 Å². The van der Waals surface area contributed by atoms with Crippen LogP contribution in [0, 0.1) is 5.92 Å². The van der Waals surface area contributed by atoms with Crippen LogP contribution in [0.1, 0.15) is 36.5 Å². The first-order chi connectivity index (χ1) is 8.61. The van der Waals surface area contributed by atoms with Gasteiger partial charge in [0.15, 0.2) is 0 Å². The molecule has 5 nitrogen and oxygen atoms in total. The van der Waals surface area contributed by atoms with E-state index in [1.165, 1.54) is 12.8 Å². The molecule has 4 N–H and O–H groups in total. The van der Waals surface area contributed by atoms with E-state index in [0.717, 1.165) is 25.4 Å². The molecule has 98 valence electrons. The number of nitrogens with zero attached hydrogens (tertiary/aromatic N) is 2. The average molecular weight is 248 g/mol. The lowest BCUT2D eigenvalue weighted by molar-refractivity contribution is 0.100. The highest BCUT2D eigenvalue weighted by Gasteiger charge is 2.26. The average Bonchev–Trinajstić information content (AvgIpc) is 3.12. The number of carbonyl (C=O) groups excluding carboxylic acids is 1. The number of amides is 1. The summed E-state index contributed by atoms with van der Waals surface area (Å²) in [5.74, 6) is 0.934. The number of rotatable bonds is 6. The van der Waals surface area contributed by atoms with Crippen molar-refractivity contribution in [3.05, 3.63) is 17.8 Å². The zero-order valence-corrected chi connectivity index (χ0v) is 10.7. The first-order valence-corrected chi connectivity index (χ1v) is 6.42. The Morgan fingerprint density at radius 2 is 2.28 bits per heavy atom. The Hall–Kier alpha value is -1.78. The predicted molar refractivity (Wildman–Crippen MR) is 72.4 cm³/mol. The summed E-state index contributed by atoms with van der Waals surface area (Å²) >= 11 is 0. The number of anilines is 2. The van der Waals surface area contributed by atoms with Crippen LogP contribution < -0.4 is 16.4 Å². The van der Waals surface area contributed by atoms with Crippen LogP contribution in [0.5, 0.6) is 0 Å². The van der Waals surface area contributed by atoms with Gasteiger partial charge in [-0.15, -0.1) is 0 Å². The van der Waals surface area contributed by atoms with Crippen LogP contribution in [-0.4, -0.2) is 24.0 Å². The Kier molecular flexibility index (Phi) is 3.69. The fourth-order valence-electron chi connectivity index (χ4n) is 2.07. The van der Waals surface area contributed by atoms with Crippen LogP contribution >= 0.6 is 0 Å². The molecule has 1 aliphatic carbocycles. The zero-order valence-electron chi connectivity index (χ0n) is 10.7. The largest absolute Gasteiger partial charge is 0.397 e. The summed E-state index contributed by atoms with van der Waals surface area (Å²) in [7, 11) is 0. The minimum absolute atomic E-state index is 0.420. The van der Waals surface area contributed by atoms with Crippen molar-refractivity contribution in [1.29, 1.82) is 0 Å². The van der Waals surface area contributed by atoms with E-state index in [9.17, 15) is 4.79 Å². The Morgan fingerprint density at radius 1 is 1.56 bits per heavy atom. The molecule has 1 aromatic rings. The summed E-state index contributed by atoms with van der Waals surface area (Å²) in [4.78, 5) is 17.9. The van der Waals surface area contributed by atoms with Crippen molar-refractivity contribution in [1.82, 2.24) is 4.98 Å². The van der Waals surface area contributed by atoms with E-state index in [-0.39, 0.29) is 0 Å². The number of nitrogens with two attached hydrogens (primary N) is 2. The molecule has 1 aromatic heterocycles. The first-order valence-electron chi connectivity index (χ1n) is 6.42. The Balaban J connectivity index is 2.29. The van der Waals surface area contributed by atoms with Crippen molar-refractivity contribution in [2.24, 2.45) is 11.7 Å². The minimum Gasteiger partial charge on any atom is -0.397 e. The maximum absolute atomic E-state index is 11.5. The van der Waals surface area contributed by atoms with Crippen molar-refractivity contribution in [2.75, 3.05) is 23.7 Å². The van der Waals surface area contributed by atoms with E-state index in [4.69, 9.17) is 11.5 Å². The summed E-state index contributed by atoms with van der Waals surface area (Å²) in [5.41, 5.74) is 12.0. The molecular formula is C13H20N4O. The van der Waals surface area contributed by atoms with Crippen LogP contribution in [0.2, 0.25) is 0 Å². The summed E-state index contributed by atoms with van der Waals surface area (Å²) in [6.07, 6.45) is 5.12. The lowest BCUT2D eigenvalue weighted by atomic mass is 10.2.